The highest BCUT2D eigenvalue weighted by Crippen LogP contribution is 2.21. The average Bonchev–Trinajstić information content (AvgIpc) is 2.27. The summed E-state index contributed by atoms with van der Waals surface area (Å²) in [5, 5.41) is 3.77. The van der Waals surface area contributed by atoms with Crippen LogP contribution in [0.15, 0.2) is 23.3 Å². The number of terminal acetylenes is 1. The minimum Gasteiger partial charge on any atom is -0.480 e. The Bertz CT molecular complexity index is 478. The van der Waals surface area contributed by atoms with Crippen molar-refractivity contribution < 1.29 is 9.53 Å². The predicted octanol–water partition coefficient (Wildman–Crippen LogP) is 1.77. The summed E-state index contributed by atoms with van der Waals surface area (Å²) >= 11 is 2.15. The van der Waals surface area contributed by atoms with E-state index in [-0.39, 0.29) is 12.5 Å². The third kappa shape index (κ3) is 4.87. The molecule has 0 saturated carbocycles. The molecule has 0 aliphatic heterocycles. The Kier molecular flexibility index (Phi) is 5.49. The molecule has 1 aromatic carbocycles. The molecule has 5 heteroatoms. The van der Waals surface area contributed by atoms with Crippen LogP contribution in [0.2, 0.25) is 0 Å². The van der Waals surface area contributed by atoms with Crippen molar-refractivity contribution in [2.45, 2.75) is 6.92 Å². The number of benzene rings is 1. The van der Waals surface area contributed by atoms with Gasteiger partial charge < -0.3 is 4.74 Å². The highest BCUT2D eigenvalue weighted by atomic mass is 127. The number of carbonyl (C=O) groups excluding carboxylic acids is 1. The number of nitrogens with one attached hydrogen (secondary N) is 1. The second-order valence-corrected chi connectivity index (χ2v) is 4.27. The first-order chi connectivity index (χ1) is 8.13. The van der Waals surface area contributed by atoms with Crippen LogP contribution in [-0.4, -0.2) is 18.7 Å². The zero-order valence-electron chi connectivity index (χ0n) is 9.24. The van der Waals surface area contributed by atoms with Crippen molar-refractivity contribution in [1.29, 1.82) is 0 Å². The van der Waals surface area contributed by atoms with Crippen LogP contribution >= 0.6 is 22.6 Å². The van der Waals surface area contributed by atoms with E-state index in [2.05, 4.69) is 39.0 Å². The van der Waals surface area contributed by atoms with Gasteiger partial charge in [0.25, 0.3) is 0 Å². The van der Waals surface area contributed by atoms with Crippen LogP contribution in [-0.2, 0) is 4.79 Å². The van der Waals surface area contributed by atoms with Gasteiger partial charge in [-0.2, -0.15) is 5.10 Å². The molecule has 1 amide bonds. The number of hydrazone groups is 1. The Balaban J connectivity index is 2.72. The SMILES string of the molecule is C#CCOc1ccc(/C=N\NC(C)=O)cc1I. The second-order valence-electron chi connectivity index (χ2n) is 3.11. The van der Waals surface area contributed by atoms with Crippen LogP contribution in [0.1, 0.15) is 12.5 Å². The number of rotatable bonds is 4. The molecule has 0 unspecified atom stereocenters. The summed E-state index contributed by atoms with van der Waals surface area (Å²) in [5.74, 6) is 2.94. The van der Waals surface area contributed by atoms with E-state index >= 15 is 0 Å². The van der Waals surface area contributed by atoms with Crippen molar-refractivity contribution in [1.82, 2.24) is 5.43 Å². The number of nitrogens with zero attached hydrogens (tertiary/aromatic N) is 1. The van der Waals surface area contributed by atoms with Crippen LogP contribution in [0.5, 0.6) is 5.75 Å². The summed E-state index contributed by atoms with van der Waals surface area (Å²) in [5.41, 5.74) is 3.20. The maximum atomic E-state index is 10.6. The van der Waals surface area contributed by atoms with Gasteiger partial charge in [0.1, 0.15) is 12.4 Å². The van der Waals surface area contributed by atoms with Gasteiger partial charge >= 0.3 is 0 Å². The lowest BCUT2D eigenvalue weighted by molar-refractivity contribution is -0.118. The summed E-state index contributed by atoms with van der Waals surface area (Å²) in [6, 6.07) is 5.53. The first kappa shape index (κ1) is 13.5. The standard InChI is InChI=1S/C12H11IN2O2/c1-3-6-17-12-5-4-10(7-11(12)13)8-14-15-9(2)16/h1,4-5,7-8H,6H2,2H3,(H,15,16)/b14-8-. The van der Waals surface area contributed by atoms with Gasteiger partial charge in [0.05, 0.1) is 9.78 Å². The van der Waals surface area contributed by atoms with E-state index in [1.54, 1.807) is 6.21 Å². The minimum absolute atomic E-state index is 0.204. The van der Waals surface area contributed by atoms with Gasteiger partial charge in [0.2, 0.25) is 5.91 Å². The summed E-state index contributed by atoms with van der Waals surface area (Å²) in [6.45, 7) is 1.65. The Morgan fingerprint density at radius 2 is 2.47 bits per heavy atom. The Morgan fingerprint density at radius 3 is 3.06 bits per heavy atom. The Labute approximate surface area is 114 Å². The molecule has 0 spiro atoms. The number of ether oxygens (including phenoxy) is 1. The molecule has 17 heavy (non-hydrogen) atoms. The zero-order valence-corrected chi connectivity index (χ0v) is 11.4. The summed E-state index contributed by atoms with van der Waals surface area (Å²) in [4.78, 5) is 10.6. The number of hydrogen-bond acceptors (Lipinski definition) is 3. The number of carbonyl (C=O) groups is 1. The van der Waals surface area contributed by atoms with Crippen molar-refractivity contribution in [3.8, 4) is 18.1 Å². The third-order valence-electron chi connectivity index (χ3n) is 1.70. The van der Waals surface area contributed by atoms with Gasteiger partial charge in [-0.15, -0.1) is 6.42 Å². The van der Waals surface area contributed by atoms with E-state index in [1.807, 2.05) is 18.2 Å². The van der Waals surface area contributed by atoms with Crippen LogP contribution in [0.25, 0.3) is 0 Å². The van der Waals surface area contributed by atoms with E-state index in [1.165, 1.54) is 6.92 Å². The zero-order chi connectivity index (χ0) is 12.7. The molecule has 88 valence electrons. The smallest absolute Gasteiger partial charge is 0.236 e. The molecule has 0 aliphatic carbocycles. The number of amides is 1. The van der Waals surface area contributed by atoms with Gasteiger partial charge in [0, 0.05) is 6.92 Å². The first-order valence-electron chi connectivity index (χ1n) is 4.79. The predicted molar refractivity (Wildman–Crippen MR) is 74.9 cm³/mol. The fraction of sp³-hybridized carbons (Fsp3) is 0.167. The first-order valence-corrected chi connectivity index (χ1v) is 5.87. The fourth-order valence-corrected chi connectivity index (χ4v) is 1.73. The Hall–Kier alpha value is -1.55. The van der Waals surface area contributed by atoms with E-state index < -0.39 is 0 Å². The van der Waals surface area contributed by atoms with Crippen molar-refractivity contribution in [3.05, 3.63) is 27.3 Å². The molecule has 0 saturated heterocycles. The molecule has 0 bridgehead atoms. The summed E-state index contributed by atoms with van der Waals surface area (Å²) < 4.78 is 6.26. The maximum Gasteiger partial charge on any atom is 0.236 e. The number of halogens is 1. The molecule has 0 atom stereocenters. The molecule has 1 aromatic rings. The quantitative estimate of drug-likeness (QED) is 0.393. The second kappa shape index (κ2) is 6.91. The normalized spacial score (nSPS) is 9.94. The average molecular weight is 342 g/mol. The van der Waals surface area contributed by atoms with Gasteiger partial charge in [0.15, 0.2) is 0 Å². The van der Waals surface area contributed by atoms with Crippen LogP contribution in [0.4, 0.5) is 0 Å². The molecule has 1 rings (SSSR count). The van der Waals surface area contributed by atoms with Gasteiger partial charge in [-0.25, -0.2) is 5.43 Å². The molecule has 0 fully saturated rings. The van der Waals surface area contributed by atoms with E-state index in [0.29, 0.717) is 0 Å². The van der Waals surface area contributed by atoms with Gasteiger partial charge in [-0.05, 0) is 46.4 Å². The van der Waals surface area contributed by atoms with Crippen molar-refractivity contribution >= 4 is 34.7 Å². The van der Waals surface area contributed by atoms with Crippen LogP contribution < -0.4 is 10.2 Å². The topological polar surface area (TPSA) is 50.7 Å². The fourth-order valence-electron chi connectivity index (χ4n) is 1.03. The minimum atomic E-state index is -0.204. The maximum absolute atomic E-state index is 10.6. The lowest BCUT2D eigenvalue weighted by Gasteiger charge is -2.05. The summed E-state index contributed by atoms with van der Waals surface area (Å²) in [7, 11) is 0. The molecule has 0 aromatic heterocycles. The van der Waals surface area contributed by atoms with Crippen LogP contribution in [0, 0.1) is 15.9 Å². The monoisotopic (exact) mass is 342 g/mol. The van der Waals surface area contributed by atoms with E-state index in [4.69, 9.17) is 11.2 Å². The molecule has 4 nitrogen and oxygen atoms in total. The Morgan fingerprint density at radius 1 is 1.71 bits per heavy atom. The molecule has 1 N–H and O–H groups in total. The number of hydrogen-bond donors (Lipinski definition) is 1. The van der Waals surface area contributed by atoms with Crippen LogP contribution in [0.3, 0.4) is 0 Å². The lowest BCUT2D eigenvalue weighted by atomic mass is 10.2. The molecular formula is C12H11IN2O2. The largest absolute Gasteiger partial charge is 0.480 e. The lowest BCUT2D eigenvalue weighted by Crippen LogP contribution is -2.12. The molecular weight excluding hydrogens is 331 g/mol. The van der Waals surface area contributed by atoms with Crippen molar-refractivity contribution in [2.75, 3.05) is 6.61 Å². The molecule has 0 heterocycles. The highest BCUT2D eigenvalue weighted by molar-refractivity contribution is 14.1. The van der Waals surface area contributed by atoms with Gasteiger partial charge in [-0.1, -0.05) is 5.92 Å². The van der Waals surface area contributed by atoms with E-state index in [0.717, 1.165) is 14.9 Å². The van der Waals surface area contributed by atoms with Gasteiger partial charge in [-0.3, -0.25) is 4.79 Å². The highest BCUT2D eigenvalue weighted by Gasteiger charge is 2.00. The molecule has 0 radical (unpaired) electrons. The van der Waals surface area contributed by atoms with E-state index in [9.17, 15) is 4.79 Å². The summed E-state index contributed by atoms with van der Waals surface area (Å²) in [6.07, 6.45) is 6.68. The van der Waals surface area contributed by atoms with Crippen molar-refractivity contribution in [3.63, 3.8) is 0 Å². The van der Waals surface area contributed by atoms with Crippen molar-refractivity contribution in [2.24, 2.45) is 5.10 Å². The third-order valence-corrected chi connectivity index (χ3v) is 2.55. The molecule has 0 aliphatic rings.